The van der Waals surface area contributed by atoms with E-state index in [0.717, 1.165) is 16.7 Å². The first-order valence-corrected chi connectivity index (χ1v) is 21.0. The Morgan fingerprint density at radius 1 is 0.625 bits per heavy atom. The van der Waals surface area contributed by atoms with Gasteiger partial charge in [0.25, 0.3) is 7.37 Å². The zero-order chi connectivity index (χ0) is 38.8. The van der Waals surface area contributed by atoms with Crippen molar-refractivity contribution in [3.8, 4) is 0 Å². The van der Waals surface area contributed by atoms with E-state index in [4.69, 9.17) is 47.2 Å². The molecule has 0 radical (unpaired) electrons. The van der Waals surface area contributed by atoms with E-state index in [1.54, 1.807) is 12.1 Å². The molecule has 10 atom stereocenters. The summed E-state index contributed by atoms with van der Waals surface area (Å²) in [6, 6.07) is 38.7. The highest BCUT2D eigenvalue weighted by Gasteiger charge is 2.63. The predicted octanol–water partition coefficient (Wildman–Crippen LogP) is 7.12. The average molecular weight is 787 g/mol. The Bertz CT molecular complexity index is 1900. The van der Waals surface area contributed by atoms with Crippen molar-refractivity contribution in [2.75, 3.05) is 13.2 Å². The van der Waals surface area contributed by atoms with Crippen LogP contribution >= 0.6 is 7.37 Å². The summed E-state index contributed by atoms with van der Waals surface area (Å²) in [5, 5.41) is 0.470. The van der Waals surface area contributed by atoms with E-state index < -0.39 is 73.8 Å². The van der Waals surface area contributed by atoms with Crippen LogP contribution in [-0.2, 0) is 71.5 Å². The molecule has 0 aromatic heterocycles. The fourth-order valence-corrected chi connectivity index (χ4v) is 10.4. The summed E-state index contributed by atoms with van der Waals surface area (Å²) in [7, 11) is -3.98. The molecule has 0 amide bonds. The van der Waals surface area contributed by atoms with Gasteiger partial charge >= 0.3 is 0 Å². The Morgan fingerprint density at radius 2 is 1.16 bits per heavy atom. The van der Waals surface area contributed by atoms with Crippen molar-refractivity contribution in [1.82, 2.24) is 0 Å². The van der Waals surface area contributed by atoms with Crippen molar-refractivity contribution in [2.45, 2.75) is 114 Å². The van der Waals surface area contributed by atoms with Crippen molar-refractivity contribution in [1.29, 1.82) is 0 Å². The van der Waals surface area contributed by atoms with Gasteiger partial charge in [-0.05, 0) is 56.5 Å². The monoisotopic (exact) mass is 786 g/mol. The van der Waals surface area contributed by atoms with E-state index in [9.17, 15) is 0 Å². The third-order valence-electron chi connectivity index (χ3n) is 10.4. The maximum atomic E-state index is 16.0. The smallest absolute Gasteiger partial charge is 0.263 e. The number of benzene rings is 4. The number of ether oxygens (including phenoxy) is 9. The Kier molecular flexibility index (Phi) is 11.9. The molecule has 0 aliphatic carbocycles. The van der Waals surface area contributed by atoms with Crippen molar-refractivity contribution < 1.29 is 51.7 Å². The van der Waals surface area contributed by atoms with Gasteiger partial charge in [-0.25, -0.2) is 0 Å². The third kappa shape index (κ3) is 8.89. The molecule has 0 unspecified atom stereocenters. The standard InChI is InChI=1S/C44H51O11P/c1-43(2)49-29-34(52-43)37-38-39(54-44(3,4)53-38)41(50-37)51-42-40(48-27-32-21-13-7-14-22-32)36(47-26-31-19-11-6-12-20-31)35(28-46-25-30-17-9-5-10-18-30)55-56(42,45)33-23-15-8-16-24-33/h5-24,34-42H,25-29H2,1-4H3/t34-,35-,36-,37-,38+,39+,40+,41-,42+,56+/m1/s1. The van der Waals surface area contributed by atoms with Crippen LogP contribution < -0.4 is 5.30 Å². The minimum atomic E-state index is -3.98. The molecule has 4 aliphatic heterocycles. The van der Waals surface area contributed by atoms with E-state index >= 15 is 4.57 Å². The lowest BCUT2D eigenvalue weighted by Gasteiger charge is -2.46. The quantitative estimate of drug-likeness (QED) is 0.122. The van der Waals surface area contributed by atoms with Crippen LogP contribution in [0, 0.1) is 0 Å². The molecule has 11 nitrogen and oxygen atoms in total. The third-order valence-corrected chi connectivity index (χ3v) is 13.1. The molecule has 0 bridgehead atoms. The molecule has 4 aromatic carbocycles. The summed E-state index contributed by atoms with van der Waals surface area (Å²) >= 11 is 0. The Hall–Kier alpha value is -3.29. The zero-order valence-corrected chi connectivity index (χ0v) is 33.1. The molecule has 4 heterocycles. The van der Waals surface area contributed by atoms with E-state index in [2.05, 4.69) is 0 Å². The van der Waals surface area contributed by atoms with Gasteiger partial charge in [0, 0.05) is 5.30 Å². The molecule has 0 saturated carbocycles. The summed E-state index contributed by atoms with van der Waals surface area (Å²) in [5.41, 5.74) is 2.88. The zero-order valence-electron chi connectivity index (χ0n) is 32.2. The summed E-state index contributed by atoms with van der Waals surface area (Å²) in [5.74, 6) is -2.94. The molecule has 0 N–H and O–H groups in total. The Balaban J connectivity index is 1.17. The van der Waals surface area contributed by atoms with Gasteiger partial charge in [0.1, 0.15) is 42.7 Å². The number of fused-ring (bicyclic) bond motifs is 1. The first kappa shape index (κ1) is 39.5. The average Bonchev–Trinajstić information content (AvgIpc) is 3.84. The van der Waals surface area contributed by atoms with Crippen LogP contribution in [0.15, 0.2) is 121 Å². The van der Waals surface area contributed by atoms with Crippen LogP contribution in [-0.4, -0.2) is 79.7 Å². The maximum Gasteiger partial charge on any atom is 0.263 e. The first-order valence-electron chi connectivity index (χ1n) is 19.3. The SMILES string of the molecule is CC1(C)O[C@@H]2[C@H](O1)[C@@H](O[C@@H]1[C@@H](OCc3ccccc3)[C@H](OCc3ccccc3)[C@@H](COCc3ccccc3)O[P@@]1(=O)c1ccccc1)O[C@@H]2[C@H]1COC(C)(C)O1. The minimum Gasteiger partial charge on any atom is -0.374 e. The second-order valence-corrected chi connectivity index (χ2v) is 18.0. The van der Waals surface area contributed by atoms with Gasteiger partial charge in [-0.15, -0.1) is 0 Å². The lowest BCUT2D eigenvalue weighted by atomic mass is 10.1. The largest absolute Gasteiger partial charge is 0.374 e. The topological polar surface area (TPSA) is 109 Å². The normalized spacial score (nSPS) is 33.3. The number of hydrogen-bond acceptors (Lipinski definition) is 11. The Labute approximate surface area is 328 Å². The second-order valence-electron chi connectivity index (χ2n) is 15.5. The van der Waals surface area contributed by atoms with E-state index in [1.807, 2.05) is 137 Å². The molecule has 12 heteroatoms. The van der Waals surface area contributed by atoms with Crippen LogP contribution in [0.5, 0.6) is 0 Å². The van der Waals surface area contributed by atoms with Gasteiger partial charge in [0.05, 0.1) is 33.0 Å². The summed E-state index contributed by atoms with van der Waals surface area (Å²) in [6.45, 7) is 8.58. The van der Waals surface area contributed by atoms with E-state index in [-0.39, 0.29) is 19.8 Å². The molecule has 4 aliphatic rings. The van der Waals surface area contributed by atoms with Crippen LogP contribution in [0.25, 0.3) is 0 Å². The fourth-order valence-electron chi connectivity index (χ4n) is 7.81. The lowest BCUT2D eigenvalue weighted by molar-refractivity contribution is -0.268. The van der Waals surface area contributed by atoms with Gasteiger partial charge in [0.2, 0.25) is 0 Å². The first-order chi connectivity index (χ1) is 27.1. The molecule has 8 rings (SSSR count). The van der Waals surface area contributed by atoms with E-state index in [0.29, 0.717) is 18.5 Å². The van der Waals surface area contributed by atoms with Gasteiger partial charge in [-0.2, -0.15) is 0 Å². The highest BCUT2D eigenvalue weighted by atomic mass is 31.2. The number of rotatable bonds is 14. The van der Waals surface area contributed by atoms with E-state index in [1.165, 1.54) is 0 Å². The lowest BCUT2D eigenvalue weighted by Crippen LogP contribution is -2.57. The van der Waals surface area contributed by atoms with Crippen molar-refractivity contribution >= 4 is 12.7 Å². The molecule has 56 heavy (non-hydrogen) atoms. The van der Waals surface area contributed by atoms with Crippen LogP contribution in [0.2, 0.25) is 0 Å². The summed E-state index contributed by atoms with van der Waals surface area (Å²) in [6.07, 6.45) is -5.84. The number of hydrogen-bond donors (Lipinski definition) is 0. The van der Waals surface area contributed by atoms with Crippen molar-refractivity contribution in [3.05, 3.63) is 138 Å². The molecular weight excluding hydrogens is 735 g/mol. The highest BCUT2D eigenvalue weighted by Crippen LogP contribution is 2.60. The summed E-state index contributed by atoms with van der Waals surface area (Å²) < 4.78 is 81.6. The molecule has 298 valence electrons. The van der Waals surface area contributed by atoms with Crippen molar-refractivity contribution in [3.63, 3.8) is 0 Å². The van der Waals surface area contributed by atoms with Gasteiger partial charge in [-0.3, -0.25) is 4.57 Å². The second kappa shape index (κ2) is 16.9. The van der Waals surface area contributed by atoms with Gasteiger partial charge < -0.3 is 47.2 Å². The fraction of sp³-hybridized carbons (Fsp3) is 0.455. The van der Waals surface area contributed by atoms with Crippen LogP contribution in [0.1, 0.15) is 44.4 Å². The molecule has 4 fully saturated rings. The maximum absolute atomic E-state index is 16.0. The van der Waals surface area contributed by atoms with Crippen molar-refractivity contribution in [2.24, 2.45) is 0 Å². The Morgan fingerprint density at radius 3 is 1.73 bits per heavy atom. The highest BCUT2D eigenvalue weighted by molar-refractivity contribution is 7.67. The van der Waals surface area contributed by atoms with Gasteiger partial charge in [0.15, 0.2) is 23.7 Å². The van der Waals surface area contributed by atoms with Gasteiger partial charge in [-0.1, -0.05) is 109 Å². The molecule has 4 aromatic rings. The molecule has 0 spiro atoms. The molecule has 4 saturated heterocycles. The van der Waals surface area contributed by atoms with Crippen LogP contribution in [0.4, 0.5) is 0 Å². The minimum absolute atomic E-state index is 0.0791. The molecular formula is C44H51O11P. The summed E-state index contributed by atoms with van der Waals surface area (Å²) in [4.78, 5) is 0. The predicted molar refractivity (Wildman–Crippen MR) is 207 cm³/mol. The van der Waals surface area contributed by atoms with Crippen LogP contribution in [0.3, 0.4) is 0 Å².